The fourth-order valence-corrected chi connectivity index (χ4v) is 3.01. The van der Waals surface area contributed by atoms with Crippen molar-refractivity contribution in [2.45, 2.75) is 64.7 Å². The average Bonchev–Trinajstić information content (AvgIpc) is 2.64. The lowest BCUT2D eigenvalue weighted by Gasteiger charge is -2.34. The zero-order valence-corrected chi connectivity index (χ0v) is 12.9. The van der Waals surface area contributed by atoms with Crippen molar-refractivity contribution in [3.63, 3.8) is 0 Å². The minimum Gasteiger partial charge on any atom is -0.371 e. The van der Waals surface area contributed by atoms with Crippen molar-refractivity contribution < 1.29 is 14.3 Å². The molecule has 2 aliphatic rings. The first-order chi connectivity index (χ1) is 9.27. The van der Waals surface area contributed by atoms with Gasteiger partial charge >= 0.3 is 0 Å². The monoisotopic (exact) mass is 282 g/mol. The molecule has 0 aromatic carbocycles. The van der Waals surface area contributed by atoms with Gasteiger partial charge in [-0.15, -0.1) is 0 Å². The summed E-state index contributed by atoms with van der Waals surface area (Å²) in [5.41, 5.74) is -0.108. The lowest BCUT2D eigenvalue weighted by molar-refractivity contribution is -0.147. The van der Waals surface area contributed by atoms with Gasteiger partial charge in [-0.1, -0.05) is 13.8 Å². The summed E-state index contributed by atoms with van der Waals surface area (Å²) in [4.78, 5) is 25.8. The normalized spacial score (nSPS) is 29.9. The Morgan fingerprint density at radius 3 is 2.65 bits per heavy atom. The maximum absolute atomic E-state index is 12.4. The molecule has 0 spiro atoms. The van der Waals surface area contributed by atoms with Gasteiger partial charge in [0.05, 0.1) is 18.2 Å². The molecule has 2 amide bonds. The van der Waals surface area contributed by atoms with E-state index in [1.54, 1.807) is 4.90 Å². The van der Waals surface area contributed by atoms with E-state index < -0.39 is 0 Å². The highest BCUT2D eigenvalue weighted by atomic mass is 16.5. The van der Waals surface area contributed by atoms with Crippen molar-refractivity contribution in [2.75, 3.05) is 13.1 Å². The first-order valence-corrected chi connectivity index (χ1v) is 7.53. The van der Waals surface area contributed by atoms with Gasteiger partial charge in [0.15, 0.2) is 0 Å². The third-order valence-corrected chi connectivity index (χ3v) is 3.96. The topological polar surface area (TPSA) is 58.6 Å². The maximum Gasteiger partial charge on any atom is 0.245 e. The Labute approximate surface area is 121 Å². The van der Waals surface area contributed by atoms with E-state index in [0.717, 1.165) is 12.8 Å². The Balaban J connectivity index is 1.96. The Hall–Kier alpha value is -1.10. The molecule has 5 nitrogen and oxygen atoms in total. The number of rotatable bonds is 4. The van der Waals surface area contributed by atoms with Gasteiger partial charge in [0.1, 0.15) is 6.04 Å². The van der Waals surface area contributed by atoms with Crippen molar-refractivity contribution >= 4 is 11.8 Å². The molecule has 5 heteroatoms. The quantitative estimate of drug-likeness (QED) is 0.846. The van der Waals surface area contributed by atoms with Crippen LogP contribution in [0.3, 0.4) is 0 Å². The number of carbonyl (C=O) groups excluding carboxylic acids is 2. The van der Waals surface area contributed by atoms with Crippen LogP contribution in [0.5, 0.6) is 0 Å². The summed E-state index contributed by atoms with van der Waals surface area (Å²) in [6, 6.07) is -0.370. The number of piperazine rings is 1. The number of nitrogens with zero attached hydrogens (tertiary/aromatic N) is 1. The third kappa shape index (κ3) is 3.72. The number of hydrogen-bond acceptors (Lipinski definition) is 3. The van der Waals surface area contributed by atoms with Crippen LogP contribution in [0.4, 0.5) is 0 Å². The Morgan fingerprint density at radius 1 is 1.40 bits per heavy atom. The first kappa shape index (κ1) is 15.3. The number of ether oxygens (including phenoxy) is 1. The molecule has 0 aromatic heterocycles. The molecule has 2 saturated heterocycles. The molecule has 1 N–H and O–H groups in total. The molecular weight excluding hydrogens is 256 g/mol. The van der Waals surface area contributed by atoms with Crippen LogP contribution >= 0.6 is 0 Å². The van der Waals surface area contributed by atoms with Gasteiger partial charge in [0.25, 0.3) is 0 Å². The van der Waals surface area contributed by atoms with E-state index in [9.17, 15) is 9.59 Å². The van der Waals surface area contributed by atoms with Gasteiger partial charge in [-0.3, -0.25) is 9.59 Å². The van der Waals surface area contributed by atoms with Crippen LogP contribution in [0.15, 0.2) is 0 Å². The van der Waals surface area contributed by atoms with Gasteiger partial charge in [-0.05, 0) is 39.0 Å². The number of amides is 2. The first-order valence-electron chi connectivity index (χ1n) is 7.53. The Kier molecular flexibility index (Phi) is 4.37. The summed E-state index contributed by atoms with van der Waals surface area (Å²) in [5, 5.41) is 2.80. The SMILES string of the molecule is CC(C)CC1NC(=O)CN(CC2CCC(C)(C)O2)C1=O. The summed E-state index contributed by atoms with van der Waals surface area (Å²) >= 11 is 0. The highest BCUT2D eigenvalue weighted by Crippen LogP contribution is 2.30. The molecular formula is C15H26N2O3. The summed E-state index contributed by atoms with van der Waals surface area (Å²) in [5.74, 6) is 0.352. The molecule has 2 unspecified atom stereocenters. The maximum atomic E-state index is 12.4. The van der Waals surface area contributed by atoms with Crippen LogP contribution in [-0.2, 0) is 14.3 Å². The lowest BCUT2D eigenvalue weighted by atomic mass is 10.0. The Morgan fingerprint density at radius 2 is 2.10 bits per heavy atom. The zero-order valence-electron chi connectivity index (χ0n) is 12.9. The van der Waals surface area contributed by atoms with Crippen LogP contribution in [0.1, 0.15) is 47.0 Å². The van der Waals surface area contributed by atoms with Crippen molar-refractivity contribution in [2.24, 2.45) is 5.92 Å². The number of hydrogen-bond donors (Lipinski definition) is 1. The largest absolute Gasteiger partial charge is 0.371 e. The molecule has 0 saturated carbocycles. The van der Waals surface area contributed by atoms with E-state index in [4.69, 9.17) is 4.74 Å². The molecule has 2 atom stereocenters. The van der Waals surface area contributed by atoms with Crippen molar-refractivity contribution in [3.8, 4) is 0 Å². The molecule has 0 aromatic rings. The molecule has 114 valence electrons. The van der Waals surface area contributed by atoms with E-state index in [0.29, 0.717) is 18.9 Å². The minimum atomic E-state index is -0.370. The van der Waals surface area contributed by atoms with E-state index in [1.807, 2.05) is 0 Å². The summed E-state index contributed by atoms with van der Waals surface area (Å²) in [7, 11) is 0. The van der Waals surface area contributed by atoms with E-state index in [-0.39, 0.29) is 36.1 Å². The van der Waals surface area contributed by atoms with Crippen molar-refractivity contribution in [1.82, 2.24) is 10.2 Å². The van der Waals surface area contributed by atoms with Crippen LogP contribution in [0, 0.1) is 5.92 Å². The fourth-order valence-electron chi connectivity index (χ4n) is 3.01. The zero-order chi connectivity index (χ0) is 14.9. The van der Waals surface area contributed by atoms with Crippen LogP contribution in [0.25, 0.3) is 0 Å². The molecule has 0 bridgehead atoms. The highest BCUT2D eigenvalue weighted by Gasteiger charge is 2.37. The predicted octanol–water partition coefficient (Wildman–Crippen LogP) is 1.32. The van der Waals surface area contributed by atoms with E-state index in [2.05, 4.69) is 33.0 Å². The summed E-state index contributed by atoms with van der Waals surface area (Å²) in [6.45, 7) is 8.94. The van der Waals surface area contributed by atoms with Gasteiger partial charge in [0, 0.05) is 6.54 Å². The second kappa shape index (κ2) is 5.72. The van der Waals surface area contributed by atoms with Gasteiger partial charge in [-0.25, -0.2) is 0 Å². The number of carbonyl (C=O) groups is 2. The standard InChI is InChI=1S/C15H26N2O3/c1-10(2)7-12-14(19)17(9-13(18)16-12)8-11-5-6-15(3,4)20-11/h10-12H,5-9H2,1-4H3,(H,16,18). The third-order valence-electron chi connectivity index (χ3n) is 3.96. The second-order valence-electron chi connectivity index (χ2n) is 7.01. The lowest BCUT2D eigenvalue weighted by Crippen LogP contribution is -2.59. The molecule has 2 fully saturated rings. The fraction of sp³-hybridized carbons (Fsp3) is 0.867. The number of nitrogens with one attached hydrogen (secondary N) is 1. The van der Waals surface area contributed by atoms with Gasteiger partial charge < -0.3 is 15.0 Å². The van der Waals surface area contributed by atoms with Gasteiger partial charge in [0.2, 0.25) is 11.8 Å². The minimum absolute atomic E-state index is 0.0339. The Bertz CT molecular complexity index is 393. The van der Waals surface area contributed by atoms with Crippen molar-refractivity contribution in [3.05, 3.63) is 0 Å². The molecule has 20 heavy (non-hydrogen) atoms. The molecule has 2 heterocycles. The predicted molar refractivity (Wildman–Crippen MR) is 76.2 cm³/mol. The molecule has 2 aliphatic heterocycles. The van der Waals surface area contributed by atoms with E-state index >= 15 is 0 Å². The molecule has 2 rings (SSSR count). The summed E-state index contributed by atoms with van der Waals surface area (Å²) < 4.78 is 5.93. The molecule has 0 radical (unpaired) electrons. The van der Waals surface area contributed by atoms with Crippen LogP contribution < -0.4 is 5.32 Å². The van der Waals surface area contributed by atoms with Gasteiger partial charge in [-0.2, -0.15) is 0 Å². The van der Waals surface area contributed by atoms with Crippen molar-refractivity contribution in [1.29, 1.82) is 0 Å². The second-order valence-corrected chi connectivity index (χ2v) is 7.01. The average molecular weight is 282 g/mol. The smallest absolute Gasteiger partial charge is 0.245 e. The summed E-state index contributed by atoms with van der Waals surface area (Å²) in [6.07, 6.45) is 2.70. The highest BCUT2D eigenvalue weighted by molar-refractivity contribution is 5.94. The van der Waals surface area contributed by atoms with Crippen LogP contribution in [-0.4, -0.2) is 47.6 Å². The van der Waals surface area contributed by atoms with Crippen LogP contribution in [0.2, 0.25) is 0 Å². The van der Waals surface area contributed by atoms with E-state index in [1.165, 1.54) is 0 Å². The molecule has 0 aliphatic carbocycles.